The Morgan fingerprint density at radius 1 is 1.17 bits per heavy atom. The van der Waals surface area contributed by atoms with Crippen molar-refractivity contribution in [2.75, 3.05) is 0 Å². The molecule has 0 saturated carbocycles. The molecule has 0 aromatic carbocycles. The molecule has 0 aromatic rings. The van der Waals surface area contributed by atoms with Gasteiger partial charge in [0.2, 0.25) is 4.58 Å². The Balaban J connectivity index is 5.42. The molecule has 0 rings (SSSR count). The van der Waals surface area contributed by atoms with Crippen LogP contribution in [0, 0.1) is 0 Å². The molecular weight excluding hydrogens is 208 g/mol. The summed E-state index contributed by atoms with van der Waals surface area (Å²) in [5.41, 5.74) is -0.375. The highest BCUT2D eigenvalue weighted by molar-refractivity contribution is 8.04. The van der Waals surface area contributed by atoms with E-state index in [-0.39, 0.29) is 5.57 Å². The average Bonchev–Trinajstić information content (AvgIpc) is 1.49. The first-order valence-electron chi connectivity index (χ1n) is 2.65. The summed E-state index contributed by atoms with van der Waals surface area (Å²) in [7, 11) is -9.72. The largest absolute Gasteiger partial charge is 0.288 e. The van der Waals surface area contributed by atoms with Crippen LogP contribution in [-0.4, -0.2) is 30.5 Å². The first kappa shape index (κ1) is 11.6. The summed E-state index contributed by atoms with van der Waals surface area (Å²) in [6.45, 7) is 4.07. The topological polar surface area (TPSA) is 109 Å². The quantitative estimate of drug-likeness (QED) is 0.493. The lowest BCUT2D eigenvalue weighted by Gasteiger charge is -2.08. The molecule has 0 heterocycles. The molecule has 2 N–H and O–H groups in total. The predicted molar refractivity (Wildman–Crippen MR) is 41.7 cm³/mol. The molecule has 0 aliphatic carbocycles. The van der Waals surface area contributed by atoms with Crippen LogP contribution in [0.3, 0.4) is 0 Å². The minimum absolute atomic E-state index is 0.375. The number of rotatable bonds is 3. The lowest BCUT2D eigenvalue weighted by Crippen LogP contribution is -2.30. The van der Waals surface area contributed by atoms with Crippen molar-refractivity contribution < 1.29 is 25.9 Å². The van der Waals surface area contributed by atoms with E-state index in [4.69, 9.17) is 9.11 Å². The standard InChI is InChI=1S/C4H8O6S2/c1-3(2)4(11(5,6)7)12(8,9)10/h4H,1H2,2H3,(H,5,6,7)(H,8,9,10). The minimum Gasteiger partial charge on any atom is -0.284 e. The molecule has 0 amide bonds. The second kappa shape index (κ2) is 3.13. The first-order chi connectivity index (χ1) is 5.07. The molecule has 12 heavy (non-hydrogen) atoms. The van der Waals surface area contributed by atoms with E-state index in [1.807, 2.05) is 0 Å². The second-order valence-corrected chi connectivity index (χ2v) is 5.51. The predicted octanol–water partition coefficient (Wildman–Crippen LogP) is -0.336. The zero-order valence-electron chi connectivity index (χ0n) is 6.13. The summed E-state index contributed by atoms with van der Waals surface area (Å²) in [6, 6.07) is 0. The highest BCUT2D eigenvalue weighted by Crippen LogP contribution is 2.14. The van der Waals surface area contributed by atoms with E-state index >= 15 is 0 Å². The van der Waals surface area contributed by atoms with Crippen LogP contribution in [0.25, 0.3) is 0 Å². The third-order valence-electron chi connectivity index (χ3n) is 0.943. The van der Waals surface area contributed by atoms with Gasteiger partial charge in [0, 0.05) is 0 Å². The Morgan fingerprint density at radius 2 is 1.42 bits per heavy atom. The molecule has 6 nitrogen and oxygen atoms in total. The highest BCUT2D eigenvalue weighted by Gasteiger charge is 2.35. The van der Waals surface area contributed by atoms with E-state index in [2.05, 4.69) is 6.58 Å². The molecule has 0 unspecified atom stereocenters. The van der Waals surface area contributed by atoms with Gasteiger partial charge in [-0.25, -0.2) is 0 Å². The van der Waals surface area contributed by atoms with Crippen molar-refractivity contribution in [3.63, 3.8) is 0 Å². The fourth-order valence-corrected chi connectivity index (χ4v) is 2.91. The fraction of sp³-hybridized carbons (Fsp3) is 0.500. The minimum atomic E-state index is -4.86. The van der Waals surface area contributed by atoms with E-state index in [9.17, 15) is 16.8 Å². The molecule has 0 atom stereocenters. The zero-order chi connectivity index (χ0) is 10.2. The summed E-state index contributed by atoms with van der Waals surface area (Å²) in [5, 5.41) is 0. The van der Waals surface area contributed by atoms with Crippen LogP contribution >= 0.6 is 0 Å². The van der Waals surface area contributed by atoms with Crippen molar-refractivity contribution in [3.05, 3.63) is 12.2 Å². The Labute approximate surface area is 70.4 Å². The lowest BCUT2D eigenvalue weighted by atomic mass is 10.4. The molecule has 0 aliphatic heterocycles. The van der Waals surface area contributed by atoms with Crippen LogP contribution in [0.15, 0.2) is 12.2 Å². The van der Waals surface area contributed by atoms with Crippen LogP contribution in [-0.2, 0) is 20.2 Å². The first-order valence-corrected chi connectivity index (χ1v) is 5.65. The van der Waals surface area contributed by atoms with Gasteiger partial charge in [-0.1, -0.05) is 6.58 Å². The molecule has 8 heteroatoms. The van der Waals surface area contributed by atoms with Crippen molar-refractivity contribution in [2.24, 2.45) is 0 Å². The summed E-state index contributed by atoms with van der Waals surface area (Å²) in [6.07, 6.45) is 0. The van der Waals surface area contributed by atoms with Gasteiger partial charge >= 0.3 is 0 Å². The van der Waals surface area contributed by atoms with Gasteiger partial charge in [0.1, 0.15) is 0 Å². The van der Waals surface area contributed by atoms with E-state index < -0.39 is 24.8 Å². The molecular formula is C4H8O6S2. The van der Waals surface area contributed by atoms with Crippen LogP contribution in [0.5, 0.6) is 0 Å². The van der Waals surface area contributed by atoms with E-state index in [0.717, 1.165) is 6.92 Å². The lowest BCUT2D eigenvalue weighted by molar-refractivity contribution is 0.461. The molecule has 0 bridgehead atoms. The second-order valence-electron chi connectivity index (χ2n) is 2.21. The monoisotopic (exact) mass is 216 g/mol. The summed E-state index contributed by atoms with van der Waals surface area (Å²) in [4.78, 5) is 0. The van der Waals surface area contributed by atoms with Gasteiger partial charge in [-0.2, -0.15) is 16.8 Å². The molecule has 0 aliphatic rings. The summed E-state index contributed by atoms with van der Waals surface area (Å²) < 4.78 is 55.9. The third-order valence-corrected chi connectivity index (χ3v) is 4.29. The van der Waals surface area contributed by atoms with Crippen LogP contribution in [0.2, 0.25) is 0 Å². The van der Waals surface area contributed by atoms with Crippen molar-refractivity contribution in [3.8, 4) is 0 Å². The average molecular weight is 216 g/mol. The van der Waals surface area contributed by atoms with Gasteiger partial charge in [0.15, 0.2) is 0 Å². The van der Waals surface area contributed by atoms with Gasteiger partial charge in [-0.05, 0) is 12.5 Å². The molecule has 72 valence electrons. The third kappa shape index (κ3) is 2.89. The Hall–Kier alpha value is -0.440. The number of hydrogen-bond acceptors (Lipinski definition) is 4. The molecule has 0 aromatic heterocycles. The van der Waals surface area contributed by atoms with Gasteiger partial charge in [0.05, 0.1) is 0 Å². The molecule has 0 spiro atoms. The van der Waals surface area contributed by atoms with E-state index in [1.165, 1.54) is 0 Å². The Kier molecular flexibility index (Phi) is 3.02. The van der Waals surface area contributed by atoms with Crippen molar-refractivity contribution >= 4 is 20.2 Å². The Morgan fingerprint density at radius 3 is 1.42 bits per heavy atom. The molecule has 0 saturated heterocycles. The van der Waals surface area contributed by atoms with Gasteiger partial charge in [-0.3, -0.25) is 9.11 Å². The van der Waals surface area contributed by atoms with Gasteiger partial charge < -0.3 is 0 Å². The van der Waals surface area contributed by atoms with Gasteiger partial charge in [0.25, 0.3) is 20.2 Å². The Bertz CT molecular complexity index is 342. The number of hydrogen-bond donors (Lipinski definition) is 2. The van der Waals surface area contributed by atoms with Crippen LogP contribution < -0.4 is 0 Å². The van der Waals surface area contributed by atoms with Crippen molar-refractivity contribution in [1.82, 2.24) is 0 Å². The maximum atomic E-state index is 10.4. The normalized spacial score (nSPS) is 13.3. The van der Waals surface area contributed by atoms with Crippen LogP contribution in [0.4, 0.5) is 0 Å². The van der Waals surface area contributed by atoms with Gasteiger partial charge in [-0.15, -0.1) is 0 Å². The fourth-order valence-electron chi connectivity index (χ4n) is 0.662. The SMILES string of the molecule is C=C(C)C(S(=O)(=O)O)S(=O)(=O)O. The maximum absolute atomic E-state index is 10.4. The van der Waals surface area contributed by atoms with E-state index in [1.54, 1.807) is 0 Å². The van der Waals surface area contributed by atoms with Crippen molar-refractivity contribution in [1.29, 1.82) is 0 Å². The maximum Gasteiger partial charge on any atom is 0.288 e. The van der Waals surface area contributed by atoms with E-state index in [0.29, 0.717) is 0 Å². The molecule has 0 radical (unpaired) electrons. The highest BCUT2D eigenvalue weighted by atomic mass is 32.3. The smallest absolute Gasteiger partial charge is 0.284 e. The summed E-state index contributed by atoms with van der Waals surface area (Å²) in [5.74, 6) is 0. The van der Waals surface area contributed by atoms with Crippen LogP contribution in [0.1, 0.15) is 6.92 Å². The van der Waals surface area contributed by atoms with Crippen molar-refractivity contribution in [2.45, 2.75) is 11.5 Å². The molecule has 0 fully saturated rings. The zero-order valence-corrected chi connectivity index (χ0v) is 7.76. The summed E-state index contributed by atoms with van der Waals surface area (Å²) >= 11 is 0.